The van der Waals surface area contributed by atoms with Gasteiger partial charge in [-0.15, -0.1) is 0 Å². The van der Waals surface area contributed by atoms with Gasteiger partial charge in [-0.25, -0.2) is 0 Å². The Hall–Kier alpha value is -2.81. The van der Waals surface area contributed by atoms with Gasteiger partial charge in [0, 0.05) is 18.4 Å². The molecule has 24 heavy (non-hydrogen) atoms. The maximum absolute atomic E-state index is 12.2. The molecule has 0 atom stereocenters. The summed E-state index contributed by atoms with van der Waals surface area (Å²) in [4.78, 5) is 23.4. The largest absolute Gasteiger partial charge is 0.466 e. The lowest BCUT2D eigenvalue weighted by molar-refractivity contribution is -0.142. The molecule has 1 aromatic rings. The van der Waals surface area contributed by atoms with Crippen LogP contribution in [-0.4, -0.2) is 25.0 Å². The van der Waals surface area contributed by atoms with Gasteiger partial charge in [0.2, 0.25) is 0 Å². The van der Waals surface area contributed by atoms with Gasteiger partial charge in [0.1, 0.15) is 11.6 Å². The lowest BCUT2D eigenvalue weighted by Crippen LogP contribution is -2.19. The Morgan fingerprint density at radius 2 is 2.04 bits per heavy atom. The molecule has 1 rings (SSSR count). The zero-order valence-electron chi connectivity index (χ0n) is 14.3. The molecule has 0 saturated heterocycles. The van der Waals surface area contributed by atoms with Crippen molar-refractivity contribution in [1.82, 2.24) is 5.32 Å². The van der Waals surface area contributed by atoms with Crippen LogP contribution in [0, 0.1) is 11.3 Å². The molecule has 0 radical (unpaired) electrons. The minimum absolute atomic E-state index is 0.0579. The summed E-state index contributed by atoms with van der Waals surface area (Å²) in [5, 5.41) is 14.7. The summed E-state index contributed by atoms with van der Waals surface area (Å²) < 4.78 is 4.79. The Morgan fingerprint density at radius 1 is 1.33 bits per heavy atom. The molecular formula is C18H23N3O3. The number of esters is 1. The predicted octanol–water partition coefficient (Wildman–Crippen LogP) is 2.70. The number of benzene rings is 1. The molecule has 1 amide bonds. The number of carbonyl (C=O) groups is 2. The Morgan fingerprint density at radius 3 is 2.67 bits per heavy atom. The van der Waals surface area contributed by atoms with Crippen molar-refractivity contribution < 1.29 is 14.3 Å². The zero-order chi connectivity index (χ0) is 17.9. The van der Waals surface area contributed by atoms with Crippen molar-refractivity contribution in [2.75, 3.05) is 18.5 Å². The molecule has 0 aliphatic heterocycles. The fraction of sp³-hybridized carbons (Fsp3) is 0.389. The second-order valence-electron chi connectivity index (χ2n) is 5.38. The molecular weight excluding hydrogens is 306 g/mol. The number of para-hydroxylation sites is 1. The molecule has 0 aromatic heterocycles. The topological polar surface area (TPSA) is 91.2 Å². The Bertz CT molecular complexity index is 645. The van der Waals surface area contributed by atoms with E-state index in [1.54, 1.807) is 13.0 Å². The summed E-state index contributed by atoms with van der Waals surface area (Å²) >= 11 is 0. The number of nitriles is 1. The van der Waals surface area contributed by atoms with Crippen LogP contribution in [0.2, 0.25) is 0 Å². The number of nitrogens with zero attached hydrogens (tertiary/aromatic N) is 1. The Kier molecular flexibility index (Phi) is 8.06. The first-order valence-corrected chi connectivity index (χ1v) is 7.89. The number of hydrogen-bond acceptors (Lipinski definition) is 5. The lowest BCUT2D eigenvalue weighted by atomic mass is 10.0. The van der Waals surface area contributed by atoms with E-state index >= 15 is 0 Å². The highest BCUT2D eigenvalue weighted by Crippen LogP contribution is 2.23. The maximum atomic E-state index is 12.2. The van der Waals surface area contributed by atoms with Gasteiger partial charge in [0.15, 0.2) is 0 Å². The average Bonchev–Trinajstić information content (AvgIpc) is 2.55. The number of anilines is 1. The van der Waals surface area contributed by atoms with Gasteiger partial charge in [0.25, 0.3) is 5.91 Å². The van der Waals surface area contributed by atoms with E-state index in [2.05, 4.69) is 10.6 Å². The highest BCUT2D eigenvalue weighted by molar-refractivity contribution is 6.06. The molecule has 1 aromatic carbocycles. The van der Waals surface area contributed by atoms with Gasteiger partial charge in [-0.2, -0.15) is 5.26 Å². The van der Waals surface area contributed by atoms with E-state index in [9.17, 15) is 9.59 Å². The van der Waals surface area contributed by atoms with Crippen molar-refractivity contribution in [3.63, 3.8) is 0 Å². The minimum atomic E-state index is -0.491. The van der Waals surface area contributed by atoms with Gasteiger partial charge >= 0.3 is 5.97 Å². The van der Waals surface area contributed by atoms with Crippen LogP contribution in [-0.2, 0) is 14.3 Å². The molecule has 0 unspecified atom stereocenters. The van der Waals surface area contributed by atoms with Crippen LogP contribution in [0.4, 0.5) is 5.69 Å². The molecule has 0 spiro atoms. The second kappa shape index (κ2) is 10.1. The fourth-order valence-electron chi connectivity index (χ4n) is 2.03. The summed E-state index contributed by atoms with van der Waals surface area (Å²) in [7, 11) is 0. The minimum Gasteiger partial charge on any atom is -0.466 e. The van der Waals surface area contributed by atoms with Crippen molar-refractivity contribution >= 4 is 17.6 Å². The van der Waals surface area contributed by atoms with Gasteiger partial charge in [0.05, 0.1) is 13.0 Å². The van der Waals surface area contributed by atoms with Crippen LogP contribution < -0.4 is 10.6 Å². The number of carbonyl (C=O) groups excluding carboxylic acids is 2. The quantitative estimate of drug-likeness (QED) is 0.331. The van der Waals surface area contributed by atoms with Crippen LogP contribution in [0.5, 0.6) is 0 Å². The molecule has 6 nitrogen and oxygen atoms in total. The summed E-state index contributed by atoms with van der Waals surface area (Å²) in [5.41, 5.74) is 1.63. The van der Waals surface area contributed by atoms with Crippen LogP contribution in [0.1, 0.15) is 38.7 Å². The highest BCUT2D eigenvalue weighted by atomic mass is 16.5. The molecule has 0 aliphatic carbocycles. The third-order valence-electron chi connectivity index (χ3n) is 3.22. The zero-order valence-corrected chi connectivity index (χ0v) is 14.3. The Balaban J connectivity index is 2.66. The van der Waals surface area contributed by atoms with E-state index in [0.29, 0.717) is 18.8 Å². The van der Waals surface area contributed by atoms with E-state index in [1.807, 2.05) is 38.1 Å². The van der Waals surface area contributed by atoms with Crippen molar-refractivity contribution in [3.05, 3.63) is 41.6 Å². The third kappa shape index (κ3) is 6.13. The van der Waals surface area contributed by atoms with Crippen molar-refractivity contribution in [3.8, 4) is 6.07 Å². The van der Waals surface area contributed by atoms with Crippen LogP contribution >= 0.6 is 0 Å². The summed E-state index contributed by atoms with van der Waals surface area (Å²) in [5.74, 6) is -0.569. The smallest absolute Gasteiger partial charge is 0.307 e. The average molecular weight is 329 g/mol. The van der Waals surface area contributed by atoms with Crippen LogP contribution in [0.25, 0.3) is 0 Å². The number of nitrogens with one attached hydrogen (secondary N) is 2. The summed E-state index contributed by atoms with van der Waals surface area (Å²) in [6.07, 6.45) is 1.48. The predicted molar refractivity (Wildman–Crippen MR) is 92.1 cm³/mol. The molecule has 0 heterocycles. The normalized spacial score (nSPS) is 10.9. The SMILES string of the molecule is CCOC(=O)CCN/C=C(/C#N)C(=O)Nc1ccccc1C(C)C. The Labute approximate surface area is 142 Å². The maximum Gasteiger partial charge on any atom is 0.307 e. The molecule has 0 bridgehead atoms. The first-order chi connectivity index (χ1) is 11.5. The van der Waals surface area contributed by atoms with Gasteiger partial charge < -0.3 is 15.4 Å². The lowest BCUT2D eigenvalue weighted by Gasteiger charge is -2.13. The molecule has 2 N–H and O–H groups in total. The number of rotatable bonds is 8. The molecule has 0 saturated carbocycles. The first-order valence-electron chi connectivity index (χ1n) is 7.89. The van der Waals surface area contributed by atoms with E-state index in [0.717, 1.165) is 5.56 Å². The molecule has 6 heteroatoms. The molecule has 0 aliphatic rings. The second-order valence-corrected chi connectivity index (χ2v) is 5.38. The van der Waals surface area contributed by atoms with E-state index in [1.165, 1.54) is 6.20 Å². The number of hydrogen-bond donors (Lipinski definition) is 2. The highest BCUT2D eigenvalue weighted by Gasteiger charge is 2.13. The standard InChI is InChI=1S/C18H23N3O3/c1-4-24-17(22)9-10-20-12-14(11-19)18(23)21-16-8-6-5-7-15(16)13(2)3/h5-8,12-13,20H,4,9-10H2,1-3H3,(H,21,23)/b14-12-. The van der Waals surface area contributed by atoms with E-state index in [-0.39, 0.29) is 23.9 Å². The van der Waals surface area contributed by atoms with Crippen LogP contribution in [0.3, 0.4) is 0 Å². The van der Waals surface area contributed by atoms with E-state index < -0.39 is 5.91 Å². The van der Waals surface area contributed by atoms with Crippen molar-refractivity contribution in [1.29, 1.82) is 5.26 Å². The molecule has 128 valence electrons. The third-order valence-corrected chi connectivity index (χ3v) is 3.22. The molecule has 0 fully saturated rings. The number of amides is 1. The van der Waals surface area contributed by atoms with Crippen molar-refractivity contribution in [2.45, 2.75) is 33.1 Å². The number of ether oxygens (including phenoxy) is 1. The monoisotopic (exact) mass is 329 g/mol. The van der Waals surface area contributed by atoms with E-state index in [4.69, 9.17) is 10.00 Å². The first kappa shape index (κ1) is 19.2. The summed E-state index contributed by atoms with van der Waals surface area (Å²) in [6.45, 7) is 6.42. The van der Waals surface area contributed by atoms with Gasteiger partial charge in [-0.3, -0.25) is 9.59 Å². The van der Waals surface area contributed by atoms with Gasteiger partial charge in [-0.1, -0.05) is 32.0 Å². The van der Waals surface area contributed by atoms with Gasteiger partial charge in [-0.05, 0) is 24.5 Å². The fourth-order valence-corrected chi connectivity index (χ4v) is 2.03. The van der Waals surface area contributed by atoms with Crippen molar-refractivity contribution in [2.24, 2.45) is 0 Å². The van der Waals surface area contributed by atoms with Crippen LogP contribution in [0.15, 0.2) is 36.0 Å². The summed E-state index contributed by atoms with van der Waals surface area (Å²) in [6, 6.07) is 9.33.